The maximum Gasteiger partial charge on any atom is 0.170 e. The van der Waals surface area contributed by atoms with E-state index in [2.05, 4.69) is 58.0 Å². The maximum absolute atomic E-state index is 5.59. The third kappa shape index (κ3) is 2.61. The molecule has 1 aliphatic heterocycles. The van der Waals surface area contributed by atoms with E-state index in [0.29, 0.717) is 0 Å². The van der Waals surface area contributed by atoms with Gasteiger partial charge >= 0.3 is 0 Å². The van der Waals surface area contributed by atoms with Crippen LogP contribution in [0.2, 0.25) is 0 Å². The monoisotopic (exact) mass is 314 g/mol. The quantitative estimate of drug-likeness (QED) is 0.859. The molecule has 5 heteroatoms. The molecule has 22 heavy (non-hydrogen) atoms. The second-order valence-electron chi connectivity index (χ2n) is 5.54. The Balaban J connectivity index is 2.03. The highest BCUT2D eigenvalue weighted by molar-refractivity contribution is 7.80. The molecule has 116 valence electrons. The van der Waals surface area contributed by atoms with Gasteiger partial charge in [-0.2, -0.15) is 0 Å². The minimum Gasteiger partial charge on any atom is -0.352 e. The molecule has 1 N–H and O–H groups in total. The Kier molecular flexibility index (Phi) is 4.43. The molecular formula is C17H22N4S. The first-order valence-electron chi connectivity index (χ1n) is 7.89. The van der Waals surface area contributed by atoms with Gasteiger partial charge in [-0.25, -0.2) is 0 Å². The first kappa shape index (κ1) is 15.0. The third-order valence-corrected chi connectivity index (χ3v) is 4.52. The van der Waals surface area contributed by atoms with Gasteiger partial charge in [-0.3, -0.25) is 4.98 Å². The number of nitrogens with zero attached hydrogens (tertiary/aromatic N) is 3. The Hall–Kier alpha value is -1.88. The van der Waals surface area contributed by atoms with Gasteiger partial charge in [-0.1, -0.05) is 13.0 Å². The molecule has 0 unspecified atom stereocenters. The van der Waals surface area contributed by atoms with Gasteiger partial charge in [0.15, 0.2) is 5.11 Å². The Bertz CT molecular complexity index is 637. The largest absolute Gasteiger partial charge is 0.352 e. The highest BCUT2D eigenvalue weighted by atomic mass is 32.1. The van der Waals surface area contributed by atoms with Crippen molar-refractivity contribution in [3.8, 4) is 0 Å². The van der Waals surface area contributed by atoms with Gasteiger partial charge in [0.2, 0.25) is 0 Å². The van der Waals surface area contributed by atoms with E-state index in [1.807, 2.05) is 18.3 Å². The topological polar surface area (TPSA) is 33.1 Å². The Morgan fingerprint density at radius 1 is 1.23 bits per heavy atom. The average Bonchev–Trinajstić information content (AvgIpc) is 3.13. The van der Waals surface area contributed by atoms with Gasteiger partial charge in [0.05, 0.1) is 17.8 Å². The minimum atomic E-state index is 0.0976. The molecule has 3 heterocycles. The zero-order chi connectivity index (χ0) is 15.5. The lowest BCUT2D eigenvalue weighted by molar-refractivity contribution is 0.304. The summed E-state index contributed by atoms with van der Waals surface area (Å²) in [5.41, 5.74) is 2.33. The van der Waals surface area contributed by atoms with E-state index >= 15 is 0 Å². The van der Waals surface area contributed by atoms with E-state index in [-0.39, 0.29) is 12.1 Å². The van der Waals surface area contributed by atoms with Crippen molar-refractivity contribution in [2.24, 2.45) is 0 Å². The van der Waals surface area contributed by atoms with Gasteiger partial charge < -0.3 is 14.8 Å². The molecule has 0 amide bonds. The molecule has 0 aliphatic carbocycles. The Morgan fingerprint density at radius 2 is 2.09 bits per heavy atom. The number of aryl methyl sites for hydroxylation is 1. The molecule has 1 aliphatic rings. The fourth-order valence-corrected chi connectivity index (χ4v) is 3.52. The van der Waals surface area contributed by atoms with Crippen LogP contribution >= 0.6 is 12.2 Å². The summed E-state index contributed by atoms with van der Waals surface area (Å²) in [6.07, 6.45) is 5.05. The summed E-state index contributed by atoms with van der Waals surface area (Å²) in [7, 11) is 0. The van der Waals surface area contributed by atoms with Gasteiger partial charge in [0, 0.05) is 31.2 Å². The van der Waals surface area contributed by atoms with Crippen molar-refractivity contribution < 1.29 is 0 Å². The molecule has 3 rings (SSSR count). The second-order valence-corrected chi connectivity index (χ2v) is 5.93. The van der Waals surface area contributed by atoms with Crippen LogP contribution < -0.4 is 5.32 Å². The number of rotatable bonds is 5. The van der Waals surface area contributed by atoms with Crippen LogP contribution in [-0.2, 0) is 6.54 Å². The van der Waals surface area contributed by atoms with Crippen molar-refractivity contribution in [3.63, 3.8) is 0 Å². The summed E-state index contributed by atoms with van der Waals surface area (Å²) in [5, 5.41) is 4.30. The first-order valence-corrected chi connectivity index (χ1v) is 8.30. The van der Waals surface area contributed by atoms with Crippen LogP contribution in [0.25, 0.3) is 0 Å². The van der Waals surface area contributed by atoms with E-state index in [0.717, 1.165) is 30.3 Å². The first-order chi connectivity index (χ1) is 10.8. The highest BCUT2D eigenvalue weighted by Crippen LogP contribution is 2.38. The summed E-state index contributed by atoms with van der Waals surface area (Å²) in [6, 6.07) is 10.7. The number of hydrogen-bond acceptors (Lipinski definition) is 2. The molecule has 2 aromatic rings. The summed E-state index contributed by atoms with van der Waals surface area (Å²) < 4.78 is 2.29. The smallest absolute Gasteiger partial charge is 0.170 e. The lowest BCUT2D eigenvalue weighted by Crippen LogP contribution is -2.31. The average molecular weight is 314 g/mol. The van der Waals surface area contributed by atoms with Crippen molar-refractivity contribution in [1.82, 2.24) is 19.8 Å². The molecule has 1 fully saturated rings. The van der Waals surface area contributed by atoms with Crippen LogP contribution in [0.15, 0.2) is 42.7 Å². The van der Waals surface area contributed by atoms with Crippen LogP contribution in [0.1, 0.15) is 43.7 Å². The van der Waals surface area contributed by atoms with Crippen LogP contribution in [0, 0.1) is 0 Å². The van der Waals surface area contributed by atoms with Crippen molar-refractivity contribution in [1.29, 1.82) is 0 Å². The van der Waals surface area contributed by atoms with E-state index in [1.54, 1.807) is 0 Å². The fourth-order valence-electron chi connectivity index (χ4n) is 3.19. The molecule has 0 radical (unpaired) electrons. The predicted molar refractivity (Wildman–Crippen MR) is 92.6 cm³/mol. The fraction of sp³-hybridized carbons (Fsp3) is 0.412. The van der Waals surface area contributed by atoms with Crippen molar-refractivity contribution in [2.45, 2.75) is 38.9 Å². The summed E-state index contributed by atoms with van der Waals surface area (Å²) in [5.74, 6) is 0. The zero-order valence-electron chi connectivity index (χ0n) is 13.1. The standard InChI is InChI=1S/C17H22N4S/c1-3-11-21-16(14-9-7-12-20(14)4-2)15(19-17(21)22)13-8-5-6-10-18-13/h5-10,12,15-16H,3-4,11H2,1-2H3,(H,19,22)/t15-,16+/m0/s1. The van der Waals surface area contributed by atoms with Gasteiger partial charge in [0.25, 0.3) is 0 Å². The second kappa shape index (κ2) is 6.48. The molecular weight excluding hydrogens is 292 g/mol. The number of thiocarbonyl (C=S) groups is 1. The number of hydrogen-bond donors (Lipinski definition) is 1. The minimum absolute atomic E-state index is 0.0976. The normalized spacial score (nSPS) is 21.2. The third-order valence-electron chi connectivity index (χ3n) is 4.17. The van der Waals surface area contributed by atoms with E-state index in [4.69, 9.17) is 12.2 Å². The van der Waals surface area contributed by atoms with E-state index in [1.165, 1.54) is 5.69 Å². The van der Waals surface area contributed by atoms with Gasteiger partial charge in [-0.05, 0) is 49.8 Å². The summed E-state index contributed by atoms with van der Waals surface area (Å²) >= 11 is 5.59. The van der Waals surface area contributed by atoms with Crippen LogP contribution in [-0.4, -0.2) is 26.1 Å². The molecule has 1 saturated heterocycles. The van der Waals surface area contributed by atoms with Crippen LogP contribution in [0.4, 0.5) is 0 Å². The number of aromatic nitrogens is 2. The molecule has 2 atom stereocenters. The van der Waals surface area contributed by atoms with Crippen molar-refractivity contribution >= 4 is 17.3 Å². The number of pyridine rings is 1. The van der Waals surface area contributed by atoms with Gasteiger partial charge in [0.1, 0.15) is 0 Å². The predicted octanol–water partition coefficient (Wildman–Crippen LogP) is 3.29. The molecule has 4 nitrogen and oxygen atoms in total. The lowest BCUT2D eigenvalue weighted by Gasteiger charge is -2.28. The van der Waals surface area contributed by atoms with E-state index < -0.39 is 0 Å². The maximum atomic E-state index is 5.59. The molecule has 0 saturated carbocycles. The molecule has 0 bridgehead atoms. The Morgan fingerprint density at radius 3 is 2.77 bits per heavy atom. The SMILES string of the molecule is CCCN1C(=S)N[C@@H](c2ccccn2)[C@H]1c1cccn1CC. The van der Waals surface area contributed by atoms with Crippen LogP contribution in [0.3, 0.4) is 0 Å². The van der Waals surface area contributed by atoms with Crippen molar-refractivity contribution in [3.05, 3.63) is 54.1 Å². The molecule has 0 spiro atoms. The van der Waals surface area contributed by atoms with E-state index in [9.17, 15) is 0 Å². The lowest BCUT2D eigenvalue weighted by atomic mass is 10.0. The molecule has 0 aromatic carbocycles. The van der Waals surface area contributed by atoms with Gasteiger partial charge in [-0.15, -0.1) is 0 Å². The Labute approximate surface area is 137 Å². The van der Waals surface area contributed by atoms with Crippen LogP contribution in [0.5, 0.6) is 0 Å². The zero-order valence-corrected chi connectivity index (χ0v) is 13.9. The number of nitrogens with one attached hydrogen (secondary N) is 1. The summed E-state index contributed by atoms with van der Waals surface area (Å²) in [4.78, 5) is 6.85. The molecule has 2 aromatic heterocycles. The highest BCUT2D eigenvalue weighted by Gasteiger charge is 2.40. The van der Waals surface area contributed by atoms with Crippen molar-refractivity contribution in [2.75, 3.05) is 6.54 Å². The summed E-state index contributed by atoms with van der Waals surface area (Å²) in [6.45, 7) is 6.27.